The molecule has 88 valence electrons. The van der Waals surface area contributed by atoms with Gasteiger partial charge in [0.25, 0.3) is 6.47 Å². The monoisotopic (exact) mass is 287 g/mol. The van der Waals surface area contributed by atoms with Crippen LogP contribution in [0.3, 0.4) is 0 Å². The van der Waals surface area contributed by atoms with Crippen LogP contribution in [-0.2, 0) is 9.53 Å². The lowest BCUT2D eigenvalue weighted by Crippen LogP contribution is -2.24. The zero-order chi connectivity index (χ0) is 11.8. The van der Waals surface area contributed by atoms with Gasteiger partial charge in [-0.1, -0.05) is 0 Å². The summed E-state index contributed by atoms with van der Waals surface area (Å²) in [4.78, 5) is 13.1. The molecule has 1 saturated carbocycles. The summed E-state index contributed by atoms with van der Waals surface area (Å²) in [7, 11) is 1.31. The van der Waals surface area contributed by atoms with Gasteiger partial charge in [0.05, 0.1) is 7.11 Å². The number of nitrogens with zero attached hydrogens (tertiary/aromatic N) is 1. The van der Waals surface area contributed by atoms with Crippen molar-refractivity contribution >= 4 is 22.4 Å². The number of aromatic nitrogens is 1. The fourth-order valence-electron chi connectivity index (χ4n) is 1.09. The normalized spacial score (nSPS) is 14.1. The van der Waals surface area contributed by atoms with Crippen molar-refractivity contribution in [3.8, 4) is 5.88 Å². The van der Waals surface area contributed by atoms with Crippen LogP contribution in [0, 0.1) is 0 Å². The number of halogens is 1. The van der Waals surface area contributed by atoms with E-state index in [1.54, 1.807) is 6.20 Å². The second kappa shape index (κ2) is 7.22. The molecule has 1 fully saturated rings. The number of pyridine rings is 1. The Bertz CT molecular complexity index is 312. The molecule has 0 amide bonds. The SMILES string of the molecule is Brc1ccc(OC2CCC2)nc1.COC=O. The van der Waals surface area contributed by atoms with E-state index in [0.717, 1.165) is 10.4 Å². The van der Waals surface area contributed by atoms with E-state index >= 15 is 0 Å². The molecule has 0 spiro atoms. The van der Waals surface area contributed by atoms with Gasteiger partial charge in [0.1, 0.15) is 6.10 Å². The Hall–Kier alpha value is -1.10. The minimum atomic E-state index is 0.375. The number of hydrogen-bond acceptors (Lipinski definition) is 4. The van der Waals surface area contributed by atoms with Crippen molar-refractivity contribution in [1.29, 1.82) is 0 Å². The van der Waals surface area contributed by atoms with E-state index in [1.165, 1.54) is 26.4 Å². The van der Waals surface area contributed by atoms with Crippen LogP contribution in [0.15, 0.2) is 22.8 Å². The summed E-state index contributed by atoms with van der Waals surface area (Å²) in [5.74, 6) is 0.739. The summed E-state index contributed by atoms with van der Waals surface area (Å²) < 4.78 is 10.4. The maximum absolute atomic E-state index is 8.95. The number of ether oxygens (including phenoxy) is 2. The molecule has 0 N–H and O–H groups in total. The maximum atomic E-state index is 8.95. The molecule has 1 aliphatic rings. The molecule has 0 radical (unpaired) electrons. The lowest BCUT2D eigenvalue weighted by atomic mass is 9.96. The highest BCUT2D eigenvalue weighted by molar-refractivity contribution is 9.10. The van der Waals surface area contributed by atoms with Gasteiger partial charge < -0.3 is 9.47 Å². The Labute approximate surface area is 103 Å². The van der Waals surface area contributed by atoms with Crippen LogP contribution in [0.5, 0.6) is 5.88 Å². The van der Waals surface area contributed by atoms with Crippen LogP contribution >= 0.6 is 15.9 Å². The first kappa shape index (κ1) is 13.0. The highest BCUT2D eigenvalue weighted by Crippen LogP contribution is 2.24. The number of methoxy groups -OCH3 is 1. The molecule has 0 saturated heterocycles. The highest BCUT2D eigenvalue weighted by atomic mass is 79.9. The third-order valence-electron chi connectivity index (χ3n) is 2.14. The van der Waals surface area contributed by atoms with Gasteiger partial charge in [-0.15, -0.1) is 0 Å². The Morgan fingerprint density at radius 3 is 2.56 bits per heavy atom. The van der Waals surface area contributed by atoms with Gasteiger partial charge in [-0.2, -0.15) is 0 Å². The Kier molecular flexibility index (Phi) is 5.85. The second-order valence-electron chi connectivity index (χ2n) is 3.32. The van der Waals surface area contributed by atoms with Crippen molar-refractivity contribution in [2.75, 3.05) is 7.11 Å². The summed E-state index contributed by atoms with van der Waals surface area (Å²) in [6, 6.07) is 3.84. The summed E-state index contributed by atoms with van der Waals surface area (Å²) in [6.45, 7) is 0.375. The number of carbonyl (C=O) groups is 1. The van der Waals surface area contributed by atoms with Crippen LogP contribution < -0.4 is 4.74 Å². The highest BCUT2D eigenvalue weighted by Gasteiger charge is 2.19. The van der Waals surface area contributed by atoms with Gasteiger partial charge in [0, 0.05) is 16.7 Å². The molecule has 0 atom stereocenters. The summed E-state index contributed by atoms with van der Waals surface area (Å²) >= 11 is 3.32. The summed E-state index contributed by atoms with van der Waals surface area (Å²) in [5, 5.41) is 0. The molecule has 0 aliphatic heterocycles. The molecule has 1 heterocycles. The van der Waals surface area contributed by atoms with E-state index in [4.69, 9.17) is 9.53 Å². The van der Waals surface area contributed by atoms with Crippen LogP contribution in [0.4, 0.5) is 0 Å². The molecule has 16 heavy (non-hydrogen) atoms. The zero-order valence-corrected chi connectivity index (χ0v) is 10.6. The standard InChI is InChI=1S/C9H10BrNO.C2H4O2/c10-7-4-5-9(11-6-7)12-8-2-1-3-8;1-4-2-3/h4-6,8H,1-3H2;2H,1H3. The van der Waals surface area contributed by atoms with Crippen molar-refractivity contribution in [3.63, 3.8) is 0 Å². The molecular formula is C11H14BrNO3. The van der Waals surface area contributed by atoms with Crippen LogP contribution in [-0.4, -0.2) is 24.7 Å². The molecule has 0 unspecified atom stereocenters. The third-order valence-corrected chi connectivity index (χ3v) is 2.61. The lowest BCUT2D eigenvalue weighted by Gasteiger charge is -2.25. The van der Waals surface area contributed by atoms with Crippen LogP contribution in [0.1, 0.15) is 19.3 Å². The first-order valence-electron chi connectivity index (χ1n) is 5.01. The summed E-state index contributed by atoms with van der Waals surface area (Å²) in [6.07, 6.45) is 5.82. The molecule has 0 bridgehead atoms. The number of hydrogen-bond donors (Lipinski definition) is 0. The van der Waals surface area contributed by atoms with Gasteiger partial charge in [-0.3, -0.25) is 4.79 Å². The van der Waals surface area contributed by atoms with Crippen LogP contribution in [0.25, 0.3) is 0 Å². The smallest absolute Gasteiger partial charge is 0.292 e. The van der Waals surface area contributed by atoms with Crippen molar-refractivity contribution in [2.45, 2.75) is 25.4 Å². The molecule has 2 rings (SSSR count). The predicted molar refractivity (Wildman–Crippen MR) is 63.3 cm³/mol. The summed E-state index contributed by atoms with van der Waals surface area (Å²) in [5.41, 5.74) is 0. The third kappa shape index (κ3) is 4.61. The van der Waals surface area contributed by atoms with Crippen molar-refractivity contribution in [1.82, 2.24) is 4.98 Å². The molecule has 1 aromatic rings. The predicted octanol–water partition coefficient (Wildman–Crippen LogP) is 2.56. The van der Waals surface area contributed by atoms with Crippen molar-refractivity contribution in [2.24, 2.45) is 0 Å². The quantitative estimate of drug-likeness (QED) is 0.802. The number of rotatable bonds is 3. The van der Waals surface area contributed by atoms with Gasteiger partial charge in [0.2, 0.25) is 5.88 Å². The minimum absolute atomic E-state index is 0.375. The minimum Gasteiger partial charge on any atom is -0.474 e. The Morgan fingerprint density at radius 1 is 1.50 bits per heavy atom. The van der Waals surface area contributed by atoms with Gasteiger partial charge in [0.15, 0.2) is 0 Å². The zero-order valence-electron chi connectivity index (χ0n) is 9.06. The maximum Gasteiger partial charge on any atom is 0.292 e. The largest absolute Gasteiger partial charge is 0.474 e. The fourth-order valence-corrected chi connectivity index (χ4v) is 1.33. The van der Waals surface area contributed by atoms with E-state index in [-0.39, 0.29) is 0 Å². The van der Waals surface area contributed by atoms with Crippen LogP contribution in [0.2, 0.25) is 0 Å². The molecule has 4 nitrogen and oxygen atoms in total. The van der Waals surface area contributed by atoms with Gasteiger partial charge in [-0.25, -0.2) is 4.98 Å². The van der Waals surface area contributed by atoms with Crippen molar-refractivity contribution in [3.05, 3.63) is 22.8 Å². The fraction of sp³-hybridized carbons (Fsp3) is 0.455. The van der Waals surface area contributed by atoms with E-state index in [2.05, 4.69) is 25.7 Å². The van der Waals surface area contributed by atoms with Gasteiger partial charge in [-0.05, 0) is 41.3 Å². The molecule has 1 aliphatic carbocycles. The second-order valence-corrected chi connectivity index (χ2v) is 4.23. The first-order valence-corrected chi connectivity index (χ1v) is 5.80. The van der Waals surface area contributed by atoms with E-state index in [0.29, 0.717) is 12.6 Å². The van der Waals surface area contributed by atoms with Crippen molar-refractivity contribution < 1.29 is 14.3 Å². The van der Waals surface area contributed by atoms with E-state index in [1.807, 2.05) is 12.1 Å². The topological polar surface area (TPSA) is 48.4 Å². The van der Waals surface area contributed by atoms with E-state index in [9.17, 15) is 0 Å². The molecule has 1 aromatic heterocycles. The van der Waals surface area contributed by atoms with E-state index < -0.39 is 0 Å². The van der Waals surface area contributed by atoms with Gasteiger partial charge >= 0.3 is 0 Å². The Morgan fingerprint density at radius 2 is 2.19 bits per heavy atom. The molecular weight excluding hydrogens is 274 g/mol. The number of carbonyl (C=O) groups excluding carboxylic acids is 1. The molecule has 0 aromatic carbocycles. The average Bonchev–Trinajstić information content (AvgIpc) is 2.26. The molecule has 5 heteroatoms. The lowest BCUT2D eigenvalue weighted by molar-refractivity contribution is -0.126. The first-order chi connectivity index (χ1) is 7.76. The Balaban J connectivity index is 0.000000280. The average molecular weight is 288 g/mol.